The van der Waals surface area contributed by atoms with Gasteiger partial charge in [-0.15, -0.1) is 6.58 Å². The number of carbonyl (C=O) groups is 1. The summed E-state index contributed by atoms with van der Waals surface area (Å²) >= 11 is 0. The molecule has 0 radical (unpaired) electrons. The predicted molar refractivity (Wildman–Crippen MR) is 116 cm³/mol. The monoisotopic (exact) mass is 402 g/mol. The van der Waals surface area contributed by atoms with Gasteiger partial charge in [-0.3, -0.25) is 4.79 Å². The second-order valence-electron chi connectivity index (χ2n) is 8.97. The number of carbonyl (C=O) groups excluding carboxylic acids is 1. The highest BCUT2D eigenvalue weighted by molar-refractivity contribution is 5.96. The van der Waals surface area contributed by atoms with E-state index in [1.807, 2.05) is 25.2 Å². The Labute approximate surface area is 176 Å². The van der Waals surface area contributed by atoms with Gasteiger partial charge in [0.1, 0.15) is 0 Å². The van der Waals surface area contributed by atoms with Crippen LogP contribution in [0.1, 0.15) is 84.0 Å². The molecule has 3 rings (SSSR count). The van der Waals surface area contributed by atoms with Crippen LogP contribution in [0, 0.1) is 5.92 Å². The molecule has 3 aliphatic rings. The second kappa shape index (κ2) is 10.7. The Morgan fingerprint density at radius 2 is 1.97 bits per heavy atom. The molecule has 1 aliphatic carbocycles. The Bertz CT molecular complexity index is 635. The first-order valence-electron chi connectivity index (χ1n) is 11.6. The first-order valence-corrected chi connectivity index (χ1v) is 11.6. The molecular formula is C25H38O4. The summed E-state index contributed by atoms with van der Waals surface area (Å²) in [6, 6.07) is 0. The van der Waals surface area contributed by atoms with Gasteiger partial charge in [0.25, 0.3) is 0 Å². The van der Waals surface area contributed by atoms with E-state index in [-0.39, 0.29) is 30.5 Å². The topological polar surface area (TPSA) is 55.8 Å². The van der Waals surface area contributed by atoms with Crippen LogP contribution in [0.25, 0.3) is 0 Å². The number of ketones is 1. The van der Waals surface area contributed by atoms with Crippen molar-refractivity contribution in [2.45, 2.75) is 102 Å². The van der Waals surface area contributed by atoms with E-state index in [9.17, 15) is 9.90 Å². The number of Topliss-reactive ketones (excluding diaryl/α,β-unsaturated/α-hetero) is 1. The molecule has 0 amide bonds. The minimum atomic E-state index is -0.732. The SMILES string of the molecule is C=CCCCCCCCC[C@@H]1CCC[C@]2(C=C(CO)C3CC(=O)C(C)=CC3O2)O1. The lowest BCUT2D eigenvalue weighted by Gasteiger charge is -2.47. The van der Waals surface area contributed by atoms with E-state index in [2.05, 4.69) is 6.58 Å². The summed E-state index contributed by atoms with van der Waals surface area (Å²) < 4.78 is 12.9. The van der Waals surface area contributed by atoms with E-state index in [1.165, 1.54) is 38.5 Å². The Morgan fingerprint density at radius 3 is 2.72 bits per heavy atom. The van der Waals surface area contributed by atoms with Crippen LogP contribution in [0.15, 0.2) is 36.0 Å². The highest BCUT2D eigenvalue weighted by atomic mass is 16.7. The van der Waals surface area contributed by atoms with Crippen LogP contribution in [0.5, 0.6) is 0 Å². The molecule has 0 aromatic carbocycles. The fourth-order valence-electron chi connectivity index (χ4n) is 4.95. The van der Waals surface area contributed by atoms with Crippen LogP contribution in [0.3, 0.4) is 0 Å². The van der Waals surface area contributed by atoms with Gasteiger partial charge in [-0.05, 0) is 62.3 Å². The standard InChI is InChI=1S/C25H38O4/c1-3-4-5-6-7-8-9-10-12-21-13-11-14-25(28-21)17-20(18-26)22-16-23(27)19(2)15-24(22)29-25/h3,15,17,21-22,24,26H,1,4-14,16,18H2,2H3/t21-,22?,24?,25+/m1/s1. The third kappa shape index (κ3) is 5.90. The fraction of sp³-hybridized carbons (Fsp3) is 0.720. The molecule has 1 fully saturated rings. The van der Waals surface area contributed by atoms with Crippen molar-refractivity contribution in [2.24, 2.45) is 5.92 Å². The van der Waals surface area contributed by atoms with Gasteiger partial charge >= 0.3 is 0 Å². The van der Waals surface area contributed by atoms with Crippen molar-refractivity contribution in [1.82, 2.24) is 0 Å². The first-order chi connectivity index (χ1) is 14.1. The molecule has 0 aromatic rings. The Balaban J connectivity index is 1.52. The molecule has 29 heavy (non-hydrogen) atoms. The van der Waals surface area contributed by atoms with E-state index in [0.29, 0.717) is 6.42 Å². The molecule has 4 nitrogen and oxygen atoms in total. The number of ether oxygens (including phenoxy) is 2. The minimum Gasteiger partial charge on any atom is -0.392 e. The summed E-state index contributed by atoms with van der Waals surface area (Å²) in [5.74, 6) is -0.631. The summed E-state index contributed by atoms with van der Waals surface area (Å²) in [4.78, 5) is 12.1. The molecule has 1 spiro atoms. The molecule has 1 N–H and O–H groups in total. The lowest BCUT2D eigenvalue weighted by atomic mass is 9.78. The largest absolute Gasteiger partial charge is 0.392 e. The Morgan fingerprint density at radius 1 is 1.21 bits per heavy atom. The molecule has 4 heteroatoms. The maximum absolute atomic E-state index is 12.1. The molecular weight excluding hydrogens is 364 g/mol. The third-order valence-corrected chi connectivity index (χ3v) is 6.66. The van der Waals surface area contributed by atoms with Crippen LogP contribution in [0.4, 0.5) is 0 Å². The van der Waals surface area contributed by atoms with Gasteiger partial charge in [-0.25, -0.2) is 0 Å². The maximum atomic E-state index is 12.1. The molecule has 0 aromatic heterocycles. The van der Waals surface area contributed by atoms with Gasteiger partial charge in [-0.1, -0.05) is 38.2 Å². The summed E-state index contributed by atoms with van der Waals surface area (Å²) in [5, 5.41) is 9.92. The van der Waals surface area contributed by atoms with Crippen molar-refractivity contribution in [3.8, 4) is 0 Å². The Hall–Kier alpha value is -1.23. The van der Waals surface area contributed by atoms with E-state index < -0.39 is 5.79 Å². The van der Waals surface area contributed by atoms with Crippen LogP contribution in [-0.4, -0.2) is 35.5 Å². The minimum absolute atomic E-state index is 0.0354. The number of hydrogen-bond donors (Lipinski definition) is 1. The molecule has 2 aliphatic heterocycles. The van der Waals surface area contributed by atoms with Gasteiger partial charge in [0.05, 0.1) is 18.8 Å². The number of aliphatic hydroxyl groups is 1. The Kier molecular flexibility index (Phi) is 8.28. The van der Waals surface area contributed by atoms with Gasteiger partial charge in [0.15, 0.2) is 11.6 Å². The van der Waals surface area contributed by atoms with Crippen molar-refractivity contribution in [3.63, 3.8) is 0 Å². The van der Waals surface area contributed by atoms with Crippen LogP contribution < -0.4 is 0 Å². The highest BCUT2D eigenvalue weighted by Gasteiger charge is 2.46. The van der Waals surface area contributed by atoms with E-state index in [0.717, 1.165) is 43.3 Å². The van der Waals surface area contributed by atoms with Crippen LogP contribution in [-0.2, 0) is 14.3 Å². The van der Waals surface area contributed by atoms with Gasteiger partial charge in [0, 0.05) is 18.8 Å². The van der Waals surface area contributed by atoms with E-state index >= 15 is 0 Å². The number of rotatable bonds is 10. The second-order valence-corrected chi connectivity index (χ2v) is 8.97. The normalized spacial score (nSPS) is 31.9. The van der Waals surface area contributed by atoms with Crippen molar-refractivity contribution < 1.29 is 19.4 Å². The first kappa shape index (κ1) is 22.5. The number of allylic oxidation sites excluding steroid dienone is 2. The predicted octanol–water partition coefficient (Wildman–Crippen LogP) is 5.41. The lowest BCUT2D eigenvalue weighted by molar-refractivity contribution is -0.275. The summed E-state index contributed by atoms with van der Waals surface area (Å²) in [7, 11) is 0. The molecule has 162 valence electrons. The molecule has 0 saturated carbocycles. The van der Waals surface area contributed by atoms with Crippen LogP contribution in [0.2, 0.25) is 0 Å². The quantitative estimate of drug-likeness (QED) is 0.392. The van der Waals surface area contributed by atoms with E-state index in [4.69, 9.17) is 9.47 Å². The lowest BCUT2D eigenvalue weighted by Crippen LogP contribution is -2.50. The average Bonchev–Trinajstić information content (AvgIpc) is 2.71. The van der Waals surface area contributed by atoms with Crippen molar-refractivity contribution in [2.75, 3.05) is 6.61 Å². The van der Waals surface area contributed by atoms with Gasteiger partial charge < -0.3 is 14.6 Å². The fourth-order valence-corrected chi connectivity index (χ4v) is 4.95. The zero-order chi connectivity index (χ0) is 20.7. The molecule has 2 heterocycles. The smallest absolute Gasteiger partial charge is 0.189 e. The molecule has 4 atom stereocenters. The van der Waals surface area contributed by atoms with E-state index in [1.54, 1.807) is 0 Å². The van der Waals surface area contributed by atoms with Crippen molar-refractivity contribution >= 4 is 5.78 Å². The zero-order valence-corrected chi connectivity index (χ0v) is 18.0. The molecule has 1 saturated heterocycles. The van der Waals surface area contributed by atoms with Gasteiger partial charge in [-0.2, -0.15) is 0 Å². The number of aliphatic hydroxyl groups excluding tert-OH is 1. The number of hydrogen-bond acceptors (Lipinski definition) is 4. The van der Waals surface area contributed by atoms with Crippen molar-refractivity contribution in [1.29, 1.82) is 0 Å². The number of fused-ring (bicyclic) bond motifs is 1. The maximum Gasteiger partial charge on any atom is 0.189 e. The average molecular weight is 403 g/mol. The molecule has 2 unspecified atom stereocenters. The van der Waals surface area contributed by atoms with Crippen molar-refractivity contribution in [3.05, 3.63) is 36.0 Å². The highest BCUT2D eigenvalue weighted by Crippen LogP contribution is 2.43. The summed E-state index contributed by atoms with van der Waals surface area (Å²) in [6.45, 7) is 5.59. The summed E-state index contributed by atoms with van der Waals surface area (Å²) in [5.41, 5.74) is 1.67. The summed E-state index contributed by atoms with van der Waals surface area (Å²) in [6.07, 6.45) is 19.2. The van der Waals surface area contributed by atoms with Crippen LogP contribution >= 0.6 is 0 Å². The molecule has 0 bridgehead atoms. The number of unbranched alkanes of at least 4 members (excludes halogenated alkanes) is 6. The third-order valence-electron chi connectivity index (χ3n) is 6.66. The zero-order valence-electron chi connectivity index (χ0n) is 18.0. The van der Waals surface area contributed by atoms with Gasteiger partial charge in [0.2, 0.25) is 0 Å².